The number of benzene rings is 1. The van der Waals surface area contributed by atoms with Crippen LogP contribution in [0, 0.1) is 5.92 Å². The van der Waals surface area contributed by atoms with Gasteiger partial charge in [0.1, 0.15) is 6.26 Å². The molecule has 0 radical (unpaired) electrons. The van der Waals surface area contributed by atoms with Crippen molar-refractivity contribution in [1.82, 2.24) is 4.98 Å². The van der Waals surface area contributed by atoms with Crippen LogP contribution >= 0.6 is 0 Å². The van der Waals surface area contributed by atoms with Crippen molar-refractivity contribution in [3.63, 3.8) is 0 Å². The van der Waals surface area contributed by atoms with E-state index in [9.17, 15) is 18.0 Å². The molecule has 3 rings (SSSR count). The van der Waals surface area contributed by atoms with Gasteiger partial charge in [0.15, 0.2) is 5.69 Å². The highest BCUT2D eigenvalue weighted by atomic mass is 32.2. The van der Waals surface area contributed by atoms with Crippen LogP contribution in [0.5, 0.6) is 0 Å². The molecule has 0 atom stereocenters. The van der Waals surface area contributed by atoms with E-state index in [0.717, 1.165) is 19.1 Å². The monoisotopic (exact) mass is 350 g/mol. The summed E-state index contributed by atoms with van der Waals surface area (Å²) in [5, 5.41) is 10.0. The average Bonchev–Trinajstić information content (AvgIpc) is 3.27. The summed E-state index contributed by atoms with van der Waals surface area (Å²) in [6, 6.07) is 5.30. The second-order valence-electron chi connectivity index (χ2n) is 5.32. The predicted octanol–water partition coefficient (Wildman–Crippen LogP) is 0.923. The van der Waals surface area contributed by atoms with Gasteiger partial charge < -0.3 is 9.73 Å². The lowest BCUT2D eigenvalue weighted by Gasteiger charge is -2.03. The number of nitrogens with zero attached hydrogens (tertiary/aromatic N) is 1. The van der Waals surface area contributed by atoms with Crippen LogP contribution in [0.15, 0.2) is 39.8 Å². The lowest BCUT2D eigenvalue weighted by atomic mass is 10.3. The van der Waals surface area contributed by atoms with Crippen LogP contribution in [0.3, 0.4) is 0 Å². The number of amides is 2. The van der Waals surface area contributed by atoms with Gasteiger partial charge in [-0.1, -0.05) is 0 Å². The molecule has 1 aliphatic carbocycles. The number of anilines is 2. The molecular weight excluding hydrogens is 336 g/mol. The van der Waals surface area contributed by atoms with Crippen LogP contribution < -0.4 is 15.8 Å². The van der Waals surface area contributed by atoms with Gasteiger partial charge in [0.25, 0.3) is 5.91 Å². The van der Waals surface area contributed by atoms with Crippen LogP contribution in [0.25, 0.3) is 0 Å². The lowest BCUT2D eigenvalue weighted by molar-refractivity contribution is -0.117. The first-order chi connectivity index (χ1) is 11.3. The minimum Gasteiger partial charge on any atom is -0.431 e. The number of oxazole rings is 1. The fraction of sp³-hybridized carbons (Fsp3) is 0.214. The van der Waals surface area contributed by atoms with E-state index in [2.05, 4.69) is 15.6 Å². The molecule has 0 saturated heterocycles. The Kier molecular flexibility index (Phi) is 4.08. The molecule has 2 amide bonds. The van der Waals surface area contributed by atoms with Crippen molar-refractivity contribution in [2.24, 2.45) is 11.1 Å². The maximum Gasteiger partial charge on any atom is 0.302 e. The van der Waals surface area contributed by atoms with Crippen molar-refractivity contribution in [3.05, 3.63) is 36.2 Å². The molecule has 1 aliphatic rings. The summed E-state index contributed by atoms with van der Waals surface area (Å²) in [4.78, 5) is 27.5. The van der Waals surface area contributed by atoms with E-state index in [1.807, 2.05) is 0 Å². The van der Waals surface area contributed by atoms with Crippen LogP contribution in [-0.2, 0) is 14.8 Å². The Hall–Kier alpha value is -2.72. The molecule has 1 aromatic heterocycles. The van der Waals surface area contributed by atoms with E-state index in [-0.39, 0.29) is 28.4 Å². The molecule has 1 fully saturated rings. The number of sulfonamides is 1. The normalized spacial score (nSPS) is 14.2. The van der Waals surface area contributed by atoms with Gasteiger partial charge in [-0.25, -0.2) is 13.6 Å². The van der Waals surface area contributed by atoms with Crippen LogP contribution in [0.2, 0.25) is 0 Å². The standard InChI is InChI=1S/C14H14N4O5S/c15-24(21,22)10-5-3-9(4-6-10)16-13(20)11-7-23-14(17-11)18-12(19)8-1-2-8/h3-8H,1-2H2,(H,16,20)(H2,15,21,22)(H,17,18,19). The van der Waals surface area contributed by atoms with Gasteiger partial charge in [-0.15, -0.1) is 0 Å². The quantitative estimate of drug-likeness (QED) is 0.731. The fourth-order valence-corrected chi connectivity index (χ4v) is 2.43. The van der Waals surface area contributed by atoms with E-state index in [1.165, 1.54) is 24.3 Å². The van der Waals surface area contributed by atoms with Crippen LogP contribution in [0.4, 0.5) is 11.7 Å². The van der Waals surface area contributed by atoms with Gasteiger partial charge in [-0.3, -0.25) is 14.9 Å². The van der Waals surface area contributed by atoms with Crippen molar-refractivity contribution in [3.8, 4) is 0 Å². The number of carbonyl (C=O) groups excluding carboxylic acids is 2. The topological polar surface area (TPSA) is 144 Å². The number of aromatic nitrogens is 1. The Morgan fingerprint density at radius 3 is 2.42 bits per heavy atom. The zero-order valence-electron chi connectivity index (χ0n) is 12.4. The summed E-state index contributed by atoms with van der Waals surface area (Å²) >= 11 is 0. The fourth-order valence-electron chi connectivity index (χ4n) is 1.91. The smallest absolute Gasteiger partial charge is 0.302 e. The second-order valence-corrected chi connectivity index (χ2v) is 6.89. The predicted molar refractivity (Wildman–Crippen MR) is 83.6 cm³/mol. The molecule has 0 unspecified atom stereocenters. The number of rotatable bonds is 5. The van der Waals surface area contributed by atoms with E-state index in [4.69, 9.17) is 9.56 Å². The van der Waals surface area contributed by atoms with Gasteiger partial charge in [-0.05, 0) is 37.1 Å². The first-order valence-electron chi connectivity index (χ1n) is 7.03. The molecule has 1 aromatic carbocycles. The summed E-state index contributed by atoms with van der Waals surface area (Å²) in [6.45, 7) is 0. The highest BCUT2D eigenvalue weighted by molar-refractivity contribution is 7.89. The lowest BCUT2D eigenvalue weighted by Crippen LogP contribution is -2.15. The molecule has 2 aromatic rings. The summed E-state index contributed by atoms with van der Waals surface area (Å²) in [6.07, 6.45) is 2.80. The molecule has 0 spiro atoms. The van der Waals surface area contributed by atoms with E-state index >= 15 is 0 Å². The van der Waals surface area contributed by atoms with Crippen molar-refractivity contribution >= 4 is 33.5 Å². The van der Waals surface area contributed by atoms with Gasteiger partial charge in [0, 0.05) is 11.6 Å². The van der Waals surface area contributed by atoms with E-state index < -0.39 is 15.9 Å². The Bertz CT molecular complexity index is 884. The van der Waals surface area contributed by atoms with Gasteiger partial charge >= 0.3 is 6.01 Å². The zero-order chi connectivity index (χ0) is 17.3. The van der Waals surface area contributed by atoms with Crippen LogP contribution in [0.1, 0.15) is 23.3 Å². The third-order valence-corrected chi connectivity index (χ3v) is 4.29. The summed E-state index contributed by atoms with van der Waals surface area (Å²) in [5.41, 5.74) is 0.343. The number of nitrogens with one attached hydrogen (secondary N) is 2. The minimum absolute atomic E-state index is 0.00786. The molecular formula is C14H14N4O5S. The van der Waals surface area contributed by atoms with E-state index in [0.29, 0.717) is 5.69 Å². The minimum atomic E-state index is -3.79. The van der Waals surface area contributed by atoms with Crippen molar-refractivity contribution in [1.29, 1.82) is 0 Å². The van der Waals surface area contributed by atoms with Gasteiger partial charge in [0.05, 0.1) is 4.90 Å². The second kappa shape index (κ2) is 6.06. The number of hydrogen-bond donors (Lipinski definition) is 3. The summed E-state index contributed by atoms with van der Waals surface area (Å²) in [7, 11) is -3.79. The Morgan fingerprint density at radius 1 is 1.17 bits per heavy atom. The first kappa shape index (κ1) is 16.1. The van der Waals surface area contributed by atoms with Crippen molar-refractivity contribution in [2.75, 3.05) is 10.6 Å². The van der Waals surface area contributed by atoms with Crippen molar-refractivity contribution < 1.29 is 22.4 Å². The first-order valence-corrected chi connectivity index (χ1v) is 8.58. The summed E-state index contributed by atoms with van der Waals surface area (Å²) < 4.78 is 27.4. The third-order valence-electron chi connectivity index (χ3n) is 3.36. The van der Waals surface area contributed by atoms with Gasteiger partial charge in [-0.2, -0.15) is 4.98 Å². The molecule has 1 heterocycles. The Balaban J connectivity index is 1.64. The summed E-state index contributed by atoms with van der Waals surface area (Å²) in [5.74, 6) is -0.747. The largest absolute Gasteiger partial charge is 0.431 e. The number of nitrogens with two attached hydrogens (primary N) is 1. The molecule has 4 N–H and O–H groups in total. The highest BCUT2D eigenvalue weighted by Crippen LogP contribution is 2.30. The average molecular weight is 350 g/mol. The van der Waals surface area contributed by atoms with E-state index in [1.54, 1.807) is 0 Å². The highest BCUT2D eigenvalue weighted by Gasteiger charge is 2.30. The molecule has 1 saturated carbocycles. The zero-order valence-corrected chi connectivity index (χ0v) is 13.2. The maximum absolute atomic E-state index is 12.1. The maximum atomic E-state index is 12.1. The molecule has 24 heavy (non-hydrogen) atoms. The molecule has 9 nitrogen and oxygen atoms in total. The third kappa shape index (κ3) is 3.78. The van der Waals surface area contributed by atoms with Crippen molar-refractivity contribution in [2.45, 2.75) is 17.7 Å². The Morgan fingerprint density at radius 2 is 1.83 bits per heavy atom. The SMILES string of the molecule is NS(=O)(=O)c1ccc(NC(=O)c2coc(NC(=O)C3CC3)n2)cc1. The molecule has 0 aliphatic heterocycles. The Labute approximate surface area is 137 Å². The molecule has 126 valence electrons. The van der Waals surface area contributed by atoms with Gasteiger partial charge in [0.2, 0.25) is 15.9 Å². The molecule has 10 heteroatoms. The van der Waals surface area contributed by atoms with Crippen LogP contribution in [-0.4, -0.2) is 25.2 Å². The number of carbonyl (C=O) groups is 2. The molecule has 0 bridgehead atoms. The number of primary sulfonamides is 1. The number of hydrogen-bond acceptors (Lipinski definition) is 6.